The number of aryl methyl sites for hydroxylation is 1. The van der Waals surface area contributed by atoms with Crippen LogP contribution in [-0.4, -0.2) is 28.5 Å². The van der Waals surface area contributed by atoms with Gasteiger partial charge < -0.3 is 9.73 Å². The van der Waals surface area contributed by atoms with Gasteiger partial charge in [0, 0.05) is 16.7 Å². The van der Waals surface area contributed by atoms with E-state index in [-0.39, 0.29) is 4.91 Å². The Labute approximate surface area is 198 Å². The zero-order valence-electron chi connectivity index (χ0n) is 16.7. The molecule has 2 heterocycles. The van der Waals surface area contributed by atoms with Gasteiger partial charge in [0.2, 0.25) is 5.91 Å². The molecule has 3 aromatic rings. The lowest BCUT2D eigenvalue weighted by Crippen LogP contribution is -2.36. The van der Waals surface area contributed by atoms with E-state index in [1.165, 1.54) is 6.08 Å². The van der Waals surface area contributed by atoms with Crippen LogP contribution in [0.5, 0.6) is 0 Å². The van der Waals surface area contributed by atoms with Gasteiger partial charge in [0.25, 0.3) is 11.1 Å². The molecule has 1 saturated heterocycles. The third kappa shape index (κ3) is 4.75. The minimum Gasteiger partial charge on any atom is -0.457 e. The van der Waals surface area contributed by atoms with Crippen molar-refractivity contribution < 1.29 is 18.8 Å². The van der Waals surface area contributed by atoms with Crippen LogP contribution in [0.15, 0.2) is 63.9 Å². The standard InChI is InChI=1S/C23H16Cl2N2O4S/c1-13-6-7-14(24)10-16(13)19-9-8-15(31-19)11-20-22(29)27(23(30)32-20)12-21(28)26-18-5-3-2-4-17(18)25/h2-11H,12H2,1H3,(H,26,28)/b20-11+. The van der Waals surface area contributed by atoms with E-state index in [1.54, 1.807) is 48.5 Å². The molecule has 32 heavy (non-hydrogen) atoms. The number of furan rings is 1. The second-order valence-corrected chi connectivity index (χ2v) is 8.79. The molecule has 0 spiro atoms. The van der Waals surface area contributed by atoms with Crippen molar-refractivity contribution in [3.05, 3.63) is 80.9 Å². The van der Waals surface area contributed by atoms with Crippen molar-refractivity contribution in [2.75, 3.05) is 11.9 Å². The summed E-state index contributed by atoms with van der Waals surface area (Å²) in [7, 11) is 0. The zero-order chi connectivity index (χ0) is 22.8. The fourth-order valence-electron chi connectivity index (χ4n) is 3.10. The molecule has 0 atom stereocenters. The van der Waals surface area contributed by atoms with E-state index in [1.807, 2.05) is 13.0 Å². The second kappa shape index (κ2) is 9.24. The molecule has 2 aromatic carbocycles. The van der Waals surface area contributed by atoms with Crippen molar-refractivity contribution in [2.45, 2.75) is 6.92 Å². The van der Waals surface area contributed by atoms with Gasteiger partial charge in [-0.25, -0.2) is 0 Å². The normalized spacial score (nSPS) is 15.0. The molecule has 4 rings (SSSR count). The molecule has 0 bridgehead atoms. The predicted octanol–water partition coefficient (Wildman–Crippen LogP) is 6.24. The Kier molecular flexibility index (Phi) is 6.41. The van der Waals surface area contributed by atoms with Crippen LogP contribution < -0.4 is 5.32 Å². The summed E-state index contributed by atoms with van der Waals surface area (Å²) < 4.78 is 5.84. The van der Waals surface area contributed by atoms with E-state index in [0.717, 1.165) is 27.8 Å². The highest BCUT2D eigenvalue weighted by Gasteiger charge is 2.36. The number of nitrogens with zero attached hydrogens (tertiary/aromatic N) is 1. The number of hydrogen-bond donors (Lipinski definition) is 1. The number of anilines is 1. The SMILES string of the molecule is Cc1ccc(Cl)cc1-c1ccc(/C=C2/SC(=O)N(CC(=O)Nc3ccccc3Cl)C2=O)o1. The third-order valence-corrected chi connectivity index (χ3v) is 6.16. The molecule has 6 nitrogen and oxygen atoms in total. The van der Waals surface area contributed by atoms with Crippen molar-refractivity contribution >= 4 is 63.8 Å². The number of thioether (sulfide) groups is 1. The molecule has 0 aliphatic carbocycles. The van der Waals surface area contributed by atoms with Gasteiger partial charge in [0.15, 0.2) is 0 Å². The van der Waals surface area contributed by atoms with Gasteiger partial charge in [-0.15, -0.1) is 0 Å². The van der Waals surface area contributed by atoms with Crippen molar-refractivity contribution in [2.24, 2.45) is 0 Å². The van der Waals surface area contributed by atoms with E-state index in [0.29, 0.717) is 27.3 Å². The predicted molar refractivity (Wildman–Crippen MR) is 127 cm³/mol. The van der Waals surface area contributed by atoms with Crippen LogP contribution in [0.4, 0.5) is 10.5 Å². The number of benzene rings is 2. The number of halogens is 2. The van der Waals surface area contributed by atoms with Gasteiger partial charge in [-0.2, -0.15) is 0 Å². The first-order valence-corrected chi connectivity index (χ1v) is 11.0. The molecular formula is C23H16Cl2N2O4S. The summed E-state index contributed by atoms with van der Waals surface area (Å²) in [5.74, 6) is -0.0930. The fourth-order valence-corrected chi connectivity index (χ4v) is 4.27. The number of para-hydroxylation sites is 1. The molecule has 1 aliphatic rings. The molecule has 1 aromatic heterocycles. The van der Waals surface area contributed by atoms with Crippen molar-refractivity contribution in [3.8, 4) is 11.3 Å². The largest absolute Gasteiger partial charge is 0.457 e. The van der Waals surface area contributed by atoms with Gasteiger partial charge in [-0.05, 0) is 60.6 Å². The zero-order valence-corrected chi connectivity index (χ0v) is 19.1. The summed E-state index contributed by atoms with van der Waals surface area (Å²) in [5, 5.41) is 3.01. The highest BCUT2D eigenvalue weighted by molar-refractivity contribution is 8.18. The van der Waals surface area contributed by atoms with Crippen LogP contribution in [0.1, 0.15) is 11.3 Å². The number of carbonyl (C=O) groups is 3. The van der Waals surface area contributed by atoms with Crippen molar-refractivity contribution in [1.82, 2.24) is 4.90 Å². The molecule has 3 amide bonds. The summed E-state index contributed by atoms with van der Waals surface area (Å²) in [4.78, 5) is 38.4. The Morgan fingerprint density at radius 1 is 1.12 bits per heavy atom. The monoisotopic (exact) mass is 486 g/mol. The lowest BCUT2D eigenvalue weighted by Gasteiger charge is -2.13. The van der Waals surface area contributed by atoms with E-state index < -0.39 is 23.6 Å². The average molecular weight is 487 g/mol. The Morgan fingerprint density at radius 3 is 2.69 bits per heavy atom. The van der Waals surface area contributed by atoms with Crippen LogP contribution in [0.3, 0.4) is 0 Å². The third-order valence-electron chi connectivity index (χ3n) is 4.69. The summed E-state index contributed by atoms with van der Waals surface area (Å²) in [5.41, 5.74) is 2.22. The number of imide groups is 1. The molecule has 1 N–H and O–H groups in total. The Bertz CT molecular complexity index is 1270. The van der Waals surface area contributed by atoms with Crippen molar-refractivity contribution in [1.29, 1.82) is 0 Å². The lowest BCUT2D eigenvalue weighted by molar-refractivity contribution is -0.127. The first-order chi connectivity index (χ1) is 15.3. The van der Waals surface area contributed by atoms with Crippen LogP contribution in [-0.2, 0) is 9.59 Å². The second-order valence-electron chi connectivity index (χ2n) is 6.96. The molecule has 1 aliphatic heterocycles. The molecule has 1 fully saturated rings. The van der Waals surface area contributed by atoms with Crippen LogP contribution in [0.2, 0.25) is 10.0 Å². The summed E-state index contributed by atoms with van der Waals surface area (Å²) >= 11 is 12.9. The minimum atomic E-state index is -0.564. The number of rotatable bonds is 5. The highest BCUT2D eigenvalue weighted by Crippen LogP contribution is 2.34. The maximum absolute atomic E-state index is 12.7. The van der Waals surface area contributed by atoms with Gasteiger partial charge in [0.05, 0.1) is 15.6 Å². The van der Waals surface area contributed by atoms with Gasteiger partial charge in [-0.1, -0.05) is 41.4 Å². The van der Waals surface area contributed by atoms with Gasteiger partial charge in [0.1, 0.15) is 18.1 Å². The quantitative estimate of drug-likeness (QED) is 0.431. The molecule has 0 saturated carbocycles. The van der Waals surface area contributed by atoms with E-state index in [4.69, 9.17) is 27.6 Å². The fraction of sp³-hybridized carbons (Fsp3) is 0.0870. The van der Waals surface area contributed by atoms with Crippen LogP contribution >= 0.6 is 35.0 Å². The summed E-state index contributed by atoms with van der Waals surface area (Å²) in [6.45, 7) is 1.52. The van der Waals surface area contributed by atoms with E-state index >= 15 is 0 Å². The molecular weight excluding hydrogens is 471 g/mol. The van der Waals surface area contributed by atoms with E-state index in [2.05, 4.69) is 5.32 Å². The minimum absolute atomic E-state index is 0.171. The number of amides is 3. The highest BCUT2D eigenvalue weighted by atomic mass is 35.5. The number of hydrogen-bond acceptors (Lipinski definition) is 5. The van der Waals surface area contributed by atoms with Gasteiger partial charge in [-0.3, -0.25) is 19.3 Å². The molecule has 162 valence electrons. The number of carbonyl (C=O) groups excluding carboxylic acids is 3. The number of nitrogens with one attached hydrogen (secondary N) is 1. The first-order valence-electron chi connectivity index (χ1n) is 9.48. The maximum Gasteiger partial charge on any atom is 0.294 e. The average Bonchev–Trinajstić information content (AvgIpc) is 3.32. The molecule has 0 radical (unpaired) electrons. The van der Waals surface area contributed by atoms with Crippen LogP contribution in [0, 0.1) is 6.92 Å². The van der Waals surface area contributed by atoms with Gasteiger partial charge >= 0.3 is 0 Å². The molecule has 9 heteroatoms. The summed E-state index contributed by atoms with van der Waals surface area (Å²) in [6.07, 6.45) is 1.49. The van der Waals surface area contributed by atoms with Crippen molar-refractivity contribution in [3.63, 3.8) is 0 Å². The smallest absolute Gasteiger partial charge is 0.294 e. The Morgan fingerprint density at radius 2 is 1.91 bits per heavy atom. The molecule has 0 unspecified atom stereocenters. The topological polar surface area (TPSA) is 79.6 Å². The lowest BCUT2D eigenvalue weighted by atomic mass is 10.1. The maximum atomic E-state index is 12.7. The first kappa shape index (κ1) is 22.2. The van der Waals surface area contributed by atoms with Crippen LogP contribution in [0.25, 0.3) is 17.4 Å². The van der Waals surface area contributed by atoms with E-state index in [9.17, 15) is 14.4 Å². The summed E-state index contributed by atoms with van der Waals surface area (Å²) in [6, 6.07) is 15.7. The Hall–Kier alpha value is -3.00. The Balaban J connectivity index is 1.48.